The van der Waals surface area contributed by atoms with Gasteiger partial charge in [0.05, 0.1) is 18.0 Å². The number of phenols is 1. The largest absolute Gasteiger partial charge is 0.506 e. The van der Waals surface area contributed by atoms with Crippen molar-refractivity contribution < 1.29 is 18.6 Å². The maximum Gasteiger partial charge on any atom is 0.229 e. The Morgan fingerprint density at radius 3 is 2.40 bits per heavy atom. The standard InChI is InChI=1S/C22H31N3O4S/c1-30(28,29)23-20-17-18(10-11-22(20)27)21(26)9-5-6-12-24-13-15-25(16-14-24)19-7-3-2-4-8-19/h2-4,7-8,10-11,17,21,23,26-27H,5-6,9,12-16H2,1H3. The Morgan fingerprint density at radius 2 is 1.73 bits per heavy atom. The van der Waals surface area contributed by atoms with Gasteiger partial charge < -0.3 is 15.1 Å². The van der Waals surface area contributed by atoms with Gasteiger partial charge in [-0.2, -0.15) is 0 Å². The second-order valence-corrected chi connectivity index (χ2v) is 9.58. The normalized spacial score (nSPS) is 16.4. The van der Waals surface area contributed by atoms with Crippen molar-refractivity contribution in [3.05, 3.63) is 54.1 Å². The number of aliphatic hydroxyl groups excluding tert-OH is 1. The summed E-state index contributed by atoms with van der Waals surface area (Å²) in [4.78, 5) is 4.87. The van der Waals surface area contributed by atoms with Crippen LogP contribution in [0.2, 0.25) is 0 Å². The minimum absolute atomic E-state index is 0.0883. The number of aromatic hydroxyl groups is 1. The highest BCUT2D eigenvalue weighted by atomic mass is 32.2. The molecule has 0 amide bonds. The zero-order valence-electron chi connectivity index (χ0n) is 17.4. The molecule has 1 aliphatic rings. The first-order chi connectivity index (χ1) is 14.3. The fourth-order valence-electron chi connectivity index (χ4n) is 3.75. The van der Waals surface area contributed by atoms with Gasteiger partial charge in [-0.05, 0) is 55.6 Å². The number of anilines is 2. The van der Waals surface area contributed by atoms with E-state index in [9.17, 15) is 18.6 Å². The highest BCUT2D eigenvalue weighted by Gasteiger charge is 2.17. The molecule has 1 unspecified atom stereocenters. The van der Waals surface area contributed by atoms with E-state index in [-0.39, 0.29) is 11.4 Å². The van der Waals surface area contributed by atoms with E-state index in [2.05, 4.69) is 38.8 Å². The zero-order chi connectivity index (χ0) is 21.6. The number of benzene rings is 2. The SMILES string of the molecule is CS(=O)(=O)Nc1cc(C(O)CCCCN2CCN(c3ccccc3)CC2)ccc1O. The van der Waals surface area contributed by atoms with Gasteiger partial charge in [0.2, 0.25) is 10.0 Å². The Kier molecular flexibility index (Phi) is 7.58. The first kappa shape index (κ1) is 22.4. The van der Waals surface area contributed by atoms with Gasteiger partial charge in [-0.25, -0.2) is 8.42 Å². The van der Waals surface area contributed by atoms with Crippen molar-refractivity contribution in [2.75, 3.05) is 48.6 Å². The van der Waals surface area contributed by atoms with Gasteiger partial charge in [-0.15, -0.1) is 0 Å². The van der Waals surface area contributed by atoms with Gasteiger partial charge in [-0.1, -0.05) is 24.3 Å². The van der Waals surface area contributed by atoms with Crippen LogP contribution in [0.5, 0.6) is 5.75 Å². The monoisotopic (exact) mass is 433 g/mol. The van der Waals surface area contributed by atoms with Crippen LogP contribution in [0.15, 0.2) is 48.5 Å². The van der Waals surface area contributed by atoms with Gasteiger partial charge in [0, 0.05) is 31.9 Å². The van der Waals surface area contributed by atoms with Crippen molar-refractivity contribution in [2.45, 2.75) is 25.4 Å². The molecule has 0 aromatic heterocycles. The van der Waals surface area contributed by atoms with Gasteiger partial charge in [0.1, 0.15) is 5.75 Å². The summed E-state index contributed by atoms with van der Waals surface area (Å²) in [7, 11) is -3.50. The maximum absolute atomic E-state index is 11.4. The van der Waals surface area contributed by atoms with Crippen molar-refractivity contribution in [1.29, 1.82) is 0 Å². The van der Waals surface area contributed by atoms with Crippen LogP contribution in [-0.4, -0.2) is 62.5 Å². The summed E-state index contributed by atoms with van der Waals surface area (Å²) in [5.74, 6) is -0.161. The highest BCUT2D eigenvalue weighted by molar-refractivity contribution is 7.92. The molecule has 0 bridgehead atoms. The van der Waals surface area contributed by atoms with Crippen molar-refractivity contribution in [2.24, 2.45) is 0 Å². The number of hydrogen-bond donors (Lipinski definition) is 3. The Morgan fingerprint density at radius 1 is 1.03 bits per heavy atom. The molecule has 0 aliphatic carbocycles. The topological polar surface area (TPSA) is 93.1 Å². The van der Waals surface area contributed by atoms with E-state index in [1.165, 1.54) is 17.8 Å². The molecule has 0 radical (unpaired) electrons. The minimum Gasteiger partial charge on any atom is -0.506 e. The number of aliphatic hydroxyl groups is 1. The first-order valence-corrected chi connectivity index (χ1v) is 12.2. The molecule has 8 heteroatoms. The van der Waals surface area contributed by atoms with Crippen LogP contribution in [-0.2, 0) is 10.0 Å². The quantitative estimate of drug-likeness (QED) is 0.416. The van der Waals surface area contributed by atoms with Crippen molar-refractivity contribution >= 4 is 21.4 Å². The average Bonchev–Trinajstić information content (AvgIpc) is 2.73. The van der Waals surface area contributed by atoms with Gasteiger partial charge in [-0.3, -0.25) is 9.62 Å². The molecular formula is C22H31N3O4S. The van der Waals surface area contributed by atoms with Crippen LogP contribution < -0.4 is 9.62 Å². The second kappa shape index (κ2) is 10.1. The van der Waals surface area contributed by atoms with E-state index in [0.717, 1.165) is 51.8 Å². The molecule has 1 saturated heterocycles. The van der Waals surface area contributed by atoms with E-state index < -0.39 is 16.1 Å². The van der Waals surface area contributed by atoms with Crippen LogP contribution in [0.3, 0.4) is 0 Å². The molecule has 3 N–H and O–H groups in total. The molecule has 1 atom stereocenters. The Labute approximate surface area is 179 Å². The third-order valence-corrected chi connectivity index (χ3v) is 5.99. The fourth-order valence-corrected chi connectivity index (χ4v) is 4.31. The number of piperazine rings is 1. The lowest BCUT2D eigenvalue weighted by Gasteiger charge is -2.36. The lowest BCUT2D eigenvalue weighted by atomic mass is 10.0. The predicted molar refractivity (Wildman–Crippen MR) is 120 cm³/mol. The summed E-state index contributed by atoms with van der Waals surface area (Å²) in [6, 6.07) is 15.0. The molecule has 2 aromatic carbocycles. The summed E-state index contributed by atoms with van der Waals surface area (Å²) >= 11 is 0. The van der Waals surface area contributed by atoms with E-state index in [1.54, 1.807) is 6.07 Å². The molecule has 30 heavy (non-hydrogen) atoms. The molecule has 0 spiro atoms. The second-order valence-electron chi connectivity index (χ2n) is 7.83. The average molecular weight is 434 g/mol. The number of unbranched alkanes of at least 4 members (excludes halogenated alkanes) is 1. The molecule has 1 fully saturated rings. The van der Waals surface area contributed by atoms with Gasteiger partial charge >= 0.3 is 0 Å². The lowest BCUT2D eigenvalue weighted by Crippen LogP contribution is -2.46. The van der Waals surface area contributed by atoms with Crippen molar-refractivity contribution in [3.8, 4) is 5.75 Å². The number of nitrogens with zero attached hydrogens (tertiary/aromatic N) is 2. The summed E-state index contributed by atoms with van der Waals surface area (Å²) in [5, 5.41) is 20.3. The lowest BCUT2D eigenvalue weighted by molar-refractivity contribution is 0.160. The predicted octanol–water partition coefficient (Wildman–Crippen LogP) is 2.79. The highest BCUT2D eigenvalue weighted by Crippen LogP contribution is 2.29. The van der Waals surface area contributed by atoms with Crippen LogP contribution in [0, 0.1) is 0 Å². The maximum atomic E-state index is 11.4. The number of rotatable bonds is 9. The molecule has 2 aromatic rings. The summed E-state index contributed by atoms with van der Waals surface area (Å²) in [6.07, 6.45) is 2.79. The summed E-state index contributed by atoms with van der Waals surface area (Å²) in [5.41, 5.74) is 1.96. The number of hydrogen-bond acceptors (Lipinski definition) is 6. The molecule has 0 saturated carbocycles. The summed E-state index contributed by atoms with van der Waals surface area (Å²) < 4.78 is 25.1. The number of nitrogens with one attached hydrogen (secondary N) is 1. The van der Waals surface area contributed by atoms with Crippen molar-refractivity contribution in [3.63, 3.8) is 0 Å². The van der Waals surface area contributed by atoms with E-state index >= 15 is 0 Å². The van der Waals surface area contributed by atoms with Crippen molar-refractivity contribution in [1.82, 2.24) is 4.90 Å². The summed E-state index contributed by atoms with van der Waals surface area (Å²) in [6.45, 7) is 5.13. The third-order valence-electron chi connectivity index (χ3n) is 5.40. The molecule has 7 nitrogen and oxygen atoms in total. The van der Waals surface area contributed by atoms with Crippen LogP contribution in [0.1, 0.15) is 30.9 Å². The number of para-hydroxylation sites is 1. The molecular weight excluding hydrogens is 402 g/mol. The van der Waals surface area contributed by atoms with Crippen LogP contribution in [0.25, 0.3) is 0 Å². The molecule has 3 rings (SSSR count). The van der Waals surface area contributed by atoms with E-state index in [1.807, 2.05) is 6.07 Å². The van der Waals surface area contributed by atoms with Crippen LogP contribution >= 0.6 is 0 Å². The zero-order valence-corrected chi connectivity index (χ0v) is 18.2. The molecule has 1 aliphatic heterocycles. The number of sulfonamides is 1. The van der Waals surface area contributed by atoms with Crippen LogP contribution in [0.4, 0.5) is 11.4 Å². The third kappa shape index (κ3) is 6.62. The molecule has 1 heterocycles. The van der Waals surface area contributed by atoms with E-state index in [0.29, 0.717) is 12.0 Å². The first-order valence-electron chi connectivity index (χ1n) is 10.3. The number of phenolic OH excluding ortho intramolecular Hbond substituents is 1. The van der Waals surface area contributed by atoms with Gasteiger partial charge in [0.25, 0.3) is 0 Å². The van der Waals surface area contributed by atoms with Gasteiger partial charge in [0.15, 0.2) is 0 Å². The minimum atomic E-state index is -3.50. The molecule has 164 valence electrons. The Hall–Kier alpha value is -2.29. The smallest absolute Gasteiger partial charge is 0.229 e. The Bertz CT molecular complexity index is 913. The Balaban J connectivity index is 1.40. The van der Waals surface area contributed by atoms with E-state index in [4.69, 9.17) is 0 Å². The fraction of sp³-hybridized carbons (Fsp3) is 0.455.